The Morgan fingerprint density at radius 2 is 1.53 bits per heavy atom. The number of anilines is 2. The minimum absolute atomic E-state index is 0.113. The van der Waals surface area contributed by atoms with Gasteiger partial charge in [0.05, 0.1) is 28.5 Å². The van der Waals surface area contributed by atoms with E-state index >= 15 is 0 Å². The summed E-state index contributed by atoms with van der Waals surface area (Å²) in [6.45, 7) is -0.113. The maximum absolute atomic E-state index is 12.7. The van der Waals surface area contributed by atoms with Gasteiger partial charge in [-0.3, -0.25) is 23.9 Å². The van der Waals surface area contributed by atoms with Crippen molar-refractivity contribution < 1.29 is 14.4 Å². The number of aromatic nitrogens is 2. The number of carbonyl (C=O) groups excluding carboxylic acids is 3. The van der Waals surface area contributed by atoms with Crippen molar-refractivity contribution in [2.24, 2.45) is 0 Å². The van der Waals surface area contributed by atoms with Crippen molar-refractivity contribution in [3.05, 3.63) is 100 Å². The molecule has 0 atom stereocenters. The Kier molecular flexibility index (Phi) is 4.59. The quantitative estimate of drug-likeness (QED) is 0.508. The van der Waals surface area contributed by atoms with Gasteiger partial charge in [-0.25, -0.2) is 4.90 Å². The first kappa shape index (κ1) is 19.4. The Morgan fingerprint density at radius 1 is 0.844 bits per heavy atom. The molecule has 1 aromatic heterocycles. The first-order chi connectivity index (χ1) is 15.5. The van der Waals surface area contributed by atoms with E-state index in [-0.39, 0.29) is 17.9 Å². The summed E-state index contributed by atoms with van der Waals surface area (Å²) in [5, 5.41) is 7.29. The second-order valence-electron chi connectivity index (χ2n) is 7.27. The zero-order valence-electron chi connectivity index (χ0n) is 16.7. The number of benzene rings is 3. The van der Waals surface area contributed by atoms with Crippen LogP contribution >= 0.6 is 0 Å². The van der Waals surface area contributed by atoms with Gasteiger partial charge < -0.3 is 5.32 Å². The summed E-state index contributed by atoms with van der Waals surface area (Å²) in [5.41, 5.74) is 1.82. The highest BCUT2D eigenvalue weighted by molar-refractivity contribution is 6.34. The molecule has 1 aliphatic rings. The van der Waals surface area contributed by atoms with Gasteiger partial charge in [0.15, 0.2) is 0 Å². The summed E-state index contributed by atoms with van der Waals surface area (Å²) in [7, 11) is 0. The third-order valence-electron chi connectivity index (χ3n) is 5.24. The number of imide groups is 1. The van der Waals surface area contributed by atoms with Gasteiger partial charge in [0.25, 0.3) is 11.8 Å². The molecule has 0 unspecified atom stereocenters. The molecule has 156 valence electrons. The molecular weight excluding hydrogens is 408 g/mol. The molecular formula is C24H16N4O4. The first-order valence-corrected chi connectivity index (χ1v) is 9.85. The fraction of sp³-hybridized carbons (Fsp3) is 0.0417. The number of para-hydroxylation sites is 1. The molecule has 3 amide bonds. The SMILES string of the molecule is O=C(Cn1ncc(=O)c2ccccc21)Nc1cccc(N2C(=O)c3ccccc3C2=O)c1. The van der Waals surface area contributed by atoms with Crippen LogP contribution in [0.3, 0.4) is 0 Å². The Bertz CT molecular complexity index is 1440. The van der Waals surface area contributed by atoms with Crippen LogP contribution in [-0.2, 0) is 11.3 Å². The number of carbonyl (C=O) groups is 3. The number of rotatable bonds is 4. The number of hydrogen-bond acceptors (Lipinski definition) is 5. The van der Waals surface area contributed by atoms with Crippen LogP contribution in [0.15, 0.2) is 83.8 Å². The van der Waals surface area contributed by atoms with Crippen molar-refractivity contribution in [1.82, 2.24) is 9.78 Å². The van der Waals surface area contributed by atoms with E-state index in [9.17, 15) is 19.2 Å². The lowest BCUT2D eigenvalue weighted by atomic mass is 10.1. The monoisotopic (exact) mass is 424 g/mol. The van der Waals surface area contributed by atoms with Gasteiger partial charge in [0, 0.05) is 11.1 Å². The van der Waals surface area contributed by atoms with E-state index in [1.54, 1.807) is 72.8 Å². The van der Waals surface area contributed by atoms with Crippen molar-refractivity contribution in [3.63, 3.8) is 0 Å². The van der Waals surface area contributed by atoms with E-state index in [2.05, 4.69) is 10.4 Å². The standard InChI is InChI=1S/C24H16N4O4/c29-21-13-25-27(20-11-4-3-10-19(20)21)14-22(30)26-15-6-5-7-16(12-15)28-23(31)17-8-1-2-9-18(17)24(28)32/h1-13H,14H2,(H,26,30). The molecule has 1 N–H and O–H groups in total. The van der Waals surface area contributed by atoms with E-state index in [4.69, 9.17) is 0 Å². The van der Waals surface area contributed by atoms with Crippen molar-refractivity contribution in [3.8, 4) is 0 Å². The van der Waals surface area contributed by atoms with Crippen LogP contribution in [0, 0.1) is 0 Å². The molecule has 2 heterocycles. The lowest BCUT2D eigenvalue weighted by Gasteiger charge is -2.15. The van der Waals surface area contributed by atoms with Crippen LogP contribution in [0.5, 0.6) is 0 Å². The lowest BCUT2D eigenvalue weighted by Crippen LogP contribution is -2.29. The smallest absolute Gasteiger partial charge is 0.266 e. The number of amides is 3. The maximum atomic E-state index is 12.7. The van der Waals surface area contributed by atoms with Crippen LogP contribution in [0.4, 0.5) is 11.4 Å². The second-order valence-corrected chi connectivity index (χ2v) is 7.27. The molecule has 0 saturated carbocycles. The third-order valence-corrected chi connectivity index (χ3v) is 5.24. The Hall–Kier alpha value is -4.59. The highest BCUT2D eigenvalue weighted by atomic mass is 16.2. The molecule has 3 aromatic carbocycles. The molecule has 32 heavy (non-hydrogen) atoms. The molecule has 0 aliphatic carbocycles. The molecule has 0 radical (unpaired) electrons. The highest BCUT2D eigenvalue weighted by Gasteiger charge is 2.36. The third kappa shape index (κ3) is 3.24. The average Bonchev–Trinajstić information content (AvgIpc) is 3.06. The van der Waals surface area contributed by atoms with Crippen molar-refractivity contribution >= 4 is 40.0 Å². The summed E-state index contributed by atoms with van der Waals surface area (Å²) in [5.74, 6) is -1.18. The predicted molar refractivity (Wildman–Crippen MR) is 119 cm³/mol. The molecule has 8 heteroatoms. The second kappa shape index (κ2) is 7.59. The van der Waals surface area contributed by atoms with Crippen LogP contribution in [0.1, 0.15) is 20.7 Å². The highest BCUT2D eigenvalue weighted by Crippen LogP contribution is 2.29. The zero-order valence-corrected chi connectivity index (χ0v) is 16.7. The summed E-state index contributed by atoms with van der Waals surface area (Å²) in [6, 6.07) is 20.1. The number of nitrogens with zero attached hydrogens (tertiary/aromatic N) is 3. The minimum Gasteiger partial charge on any atom is -0.324 e. The minimum atomic E-state index is -0.405. The number of hydrogen-bond donors (Lipinski definition) is 1. The molecule has 0 spiro atoms. The van der Waals surface area contributed by atoms with Crippen molar-refractivity contribution in [2.45, 2.75) is 6.54 Å². The molecule has 0 saturated heterocycles. The Labute approximate surface area is 181 Å². The van der Waals surface area contributed by atoms with Crippen LogP contribution in [-0.4, -0.2) is 27.5 Å². The summed E-state index contributed by atoms with van der Waals surface area (Å²) < 4.78 is 1.44. The Morgan fingerprint density at radius 3 is 2.28 bits per heavy atom. The average molecular weight is 424 g/mol. The van der Waals surface area contributed by atoms with E-state index in [1.165, 1.54) is 10.9 Å². The summed E-state index contributed by atoms with van der Waals surface area (Å²) in [4.78, 5) is 51.1. The normalized spacial score (nSPS) is 12.8. The lowest BCUT2D eigenvalue weighted by molar-refractivity contribution is -0.116. The van der Waals surface area contributed by atoms with Crippen LogP contribution in [0.2, 0.25) is 0 Å². The van der Waals surface area contributed by atoms with Gasteiger partial charge in [-0.2, -0.15) is 5.10 Å². The number of fused-ring (bicyclic) bond motifs is 2. The van der Waals surface area contributed by atoms with Gasteiger partial charge in [-0.05, 0) is 42.5 Å². The largest absolute Gasteiger partial charge is 0.324 e. The maximum Gasteiger partial charge on any atom is 0.266 e. The van der Waals surface area contributed by atoms with Crippen LogP contribution < -0.4 is 15.6 Å². The topological polar surface area (TPSA) is 101 Å². The van der Waals surface area contributed by atoms with Gasteiger partial charge in [0.2, 0.25) is 11.3 Å². The number of nitrogens with one attached hydrogen (secondary N) is 1. The predicted octanol–water partition coefficient (Wildman–Crippen LogP) is 2.84. The molecule has 4 aromatic rings. The molecule has 0 bridgehead atoms. The van der Waals surface area contributed by atoms with Gasteiger partial charge >= 0.3 is 0 Å². The fourth-order valence-corrected chi connectivity index (χ4v) is 3.77. The fourth-order valence-electron chi connectivity index (χ4n) is 3.77. The van der Waals surface area contributed by atoms with E-state index in [0.29, 0.717) is 33.4 Å². The zero-order chi connectivity index (χ0) is 22.2. The Balaban J connectivity index is 1.38. The van der Waals surface area contributed by atoms with Crippen LogP contribution in [0.25, 0.3) is 10.9 Å². The van der Waals surface area contributed by atoms with Gasteiger partial charge in [-0.15, -0.1) is 0 Å². The molecule has 0 fully saturated rings. The van der Waals surface area contributed by atoms with E-state index in [0.717, 1.165) is 4.90 Å². The van der Waals surface area contributed by atoms with E-state index in [1.807, 2.05) is 0 Å². The summed E-state index contributed by atoms with van der Waals surface area (Å²) in [6.07, 6.45) is 1.18. The molecule has 8 nitrogen and oxygen atoms in total. The van der Waals surface area contributed by atoms with Gasteiger partial charge in [-0.1, -0.05) is 30.3 Å². The molecule has 5 rings (SSSR count). The van der Waals surface area contributed by atoms with Crippen molar-refractivity contribution in [1.29, 1.82) is 0 Å². The van der Waals surface area contributed by atoms with E-state index < -0.39 is 11.8 Å². The van der Waals surface area contributed by atoms with Crippen molar-refractivity contribution in [2.75, 3.05) is 10.2 Å². The first-order valence-electron chi connectivity index (χ1n) is 9.85. The summed E-state index contributed by atoms with van der Waals surface area (Å²) >= 11 is 0. The van der Waals surface area contributed by atoms with Gasteiger partial charge in [0.1, 0.15) is 6.54 Å². The molecule has 1 aliphatic heterocycles.